The number of ether oxygens (including phenoxy) is 1. The molecule has 2 rings (SSSR count). The fourth-order valence-electron chi connectivity index (χ4n) is 1.49. The monoisotopic (exact) mass is 320 g/mol. The van der Waals surface area contributed by atoms with Gasteiger partial charge in [0.2, 0.25) is 0 Å². The minimum Gasteiger partial charge on any atom is -0.426 e. The van der Waals surface area contributed by atoms with E-state index in [0.29, 0.717) is 21.6 Å². The highest BCUT2D eigenvalue weighted by Crippen LogP contribution is 2.24. The van der Waals surface area contributed by atoms with E-state index in [1.807, 2.05) is 0 Å². The molecule has 0 aliphatic heterocycles. The summed E-state index contributed by atoms with van der Waals surface area (Å²) in [4.78, 5) is 10.8. The summed E-state index contributed by atoms with van der Waals surface area (Å²) in [6.07, 6.45) is 0. The quantitative estimate of drug-likeness (QED) is 0.516. The van der Waals surface area contributed by atoms with Crippen LogP contribution in [0.5, 0.6) is 11.7 Å². The molecule has 1 aromatic carbocycles. The molecular formula is C15H13ClN2O4. The number of hydrogen-bond acceptors (Lipinski definition) is 4. The molecule has 1 aromatic heterocycles. The van der Waals surface area contributed by atoms with E-state index in [1.54, 1.807) is 36.4 Å². The molecule has 7 heteroatoms. The van der Waals surface area contributed by atoms with Gasteiger partial charge in [-0.3, -0.25) is 5.21 Å². The maximum Gasteiger partial charge on any atom is 0.339 e. The van der Waals surface area contributed by atoms with Crippen LogP contribution in [0, 0.1) is 11.8 Å². The summed E-state index contributed by atoms with van der Waals surface area (Å²) in [5, 5.41) is 10.2. The number of nitrogens with two attached hydrogens (primary N) is 1. The molecule has 2 amide bonds. The normalized spacial score (nSPS) is 11.2. The van der Waals surface area contributed by atoms with Crippen LogP contribution in [0.15, 0.2) is 40.8 Å². The van der Waals surface area contributed by atoms with Gasteiger partial charge in [0.25, 0.3) is 5.95 Å². The molecular weight excluding hydrogens is 308 g/mol. The summed E-state index contributed by atoms with van der Waals surface area (Å²) in [5.41, 5.74) is 4.92. The van der Waals surface area contributed by atoms with Crippen LogP contribution in [-0.4, -0.2) is 22.3 Å². The standard InChI is InChI=1S/C15H13ClN2O4/c1-10(18(20)15(17)19)2-5-12-8-9-14(21-12)22-13-6-3-11(16)4-7-13/h3-4,6-10,20H,1H3,(H2,17,19). The molecule has 114 valence electrons. The maximum atomic E-state index is 10.8. The summed E-state index contributed by atoms with van der Waals surface area (Å²) < 4.78 is 10.8. The molecule has 0 aliphatic carbocycles. The molecule has 0 radical (unpaired) electrons. The van der Waals surface area contributed by atoms with E-state index in [-0.39, 0.29) is 5.95 Å². The van der Waals surface area contributed by atoms with Crippen molar-refractivity contribution in [2.24, 2.45) is 5.73 Å². The molecule has 0 fully saturated rings. The molecule has 2 aromatic rings. The Morgan fingerprint density at radius 2 is 2.05 bits per heavy atom. The first-order valence-electron chi connectivity index (χ1n) is 6.28. The zero-order valence-electron chi connectivity index (χ0n) is 11.6. The van der Waals surface area contributed by atoms with Crippen LogP contribution >= 0.6 is 11.6 Å². The van der Waals surface area contributed by atoms with Crippen LogP contribution in [0.25, 0.3) is 0 Å². The second-order valence-corrected chi connectivity index (χ2v) is 4.74. The minimum atomic E-state index is -0.979. The fraction of sp³-hybridized carbons (Fsp3) is 0.133. The number of nitrogens with zero attached hydrogens (tertiary/aromatic N) is 1. The third-order valence-electron chi connectivity index (χ3n) is 2.61. The summed E-state index contributed by atoms with van der Waals surface area (Å²) in [6, 6.07) is 8.27. The van der Waals surface area contributed by atoms with Crippen LogP contribution in [0.3, 0.4) is 0 Å². The van der Waals surface area contributed by atoms with Gasteiger partial charge in [-0.1, -0.05) is 17.5 Å². The Bertz CT molecular complexity index is 715. The zero-order chi connectivity index (χ0) is 16.1. The van der Waals surface area contributed by atoms with Gasteiger partial charge in [-0.15, -0.1) is 0 Å². The largest absolute Gasteiger partial charge is 0.426 e. The first-order chi connectivity index (χ1) is 10.5. The number of halogens is 1. The van der Waals surface area contributed by atoms with Gasteiger partial charge in [0, 0.05) is 11.1 Å². The summed E-state index contributed by atoms with van der Waals surface area (Å²) >= 11 is 5.78. The Hall–Kier alpha value is -2.62. The average molecular weight is 321 g/mol. The molecule has 1 unspecified atom stereocenters. The Kier molecular flexibility index (Phi) is 4.94. The number of furan rings is 1. The smallest absolute Gasteiger partial charge is 0.339 e. The van der Waals surface area contributed by atoms with E-state index in [1.165, 1.54) is 6.92 Å². The predicted molar refractivity (Wildman–Crippen MR) is 79.8 cm³/mol. The van der Waals surface area contributed by atoms with Crippen LogP contribution < -0.4 is 10.5 Å². The van der Waals surface area contributed by atoms with Crippen molar-refractivity contribution in [2.45, 2.75) is 13.0 Å². The van der Waals surface area contributed by atoms with E-state index in [9.17, 15) is 10.0 Å². The lowest BCUT2D eigenvalue weighted by atomic mass is 10.3. The Balaban J connectivity index is 2.03. The molecule has 1 heterocycles. The van der Waals surface area contributed by atoms with Crippen molar-refractivity contribution in [2.75, 3.05) is 0 Å². The lowest BCUT2D eigenvalue weighted by Crippen LogP contribution is -2.38. The van der Waals surface area contributed by atoms with Gasteiger partial charge in [-0.2, -0.15) is 5.06 Å². The van der Waals surface area contributed by atoms with E-state index in [4.69, 9.17) is 26.5 Å². The second-order valence-electron chi connectivity index (χ2n) is 4.30. The number of benzene rings is 1. The van der Waals surface area contributed by atoms with Gasteiger partial charge >= 0.3 is 6.03 Å². The number of rotatable bonds is 3. The maximum absolute atomic E-state index is 10.8. The van der Waals surface area contributed by atoms with E-state index in [2.05, 4.69) is 11.8 Å². The van der Waals surface area contributed by atoms with Gasteiger partial charge in [0.15, 0.2) is 5.76 Å². The third kappa shape index (κ3) is 4.19. The second kappa shape index (κ2) is 6.89. The third-order valence-corrected chi connectivity index (χ3v) is 2.86. The van der Waals surface area contributed by atoms with Crippen molar-refractivity contribution < 1.29 is 19.2 Å². The number of urea groups is 1. The van der Waals surface area contributed by atoms with Crippen LogP contribution in [0.4, 0.5) is 4.79 Å². The fourth-order valence-corrected chi connectivity index (χ4v) is 1.61. The SMILES string of the molecule is CC(C#Cc1ccc(Oc2ccc(Cl)cc2)o1)N(O)C(N)=O. The minimum absolute atomic E-state index is 0.259. The topological polar surface area (TPSA) is 88.9 Å². The number of primary amides is 1. The molecule has 0 spiro atoms. The van der Waals surface area contributed by atoms with Gasteiger partial charge in [0.05, 0.1) is 0 Å². The molecule has 0 saturated carbocycles. The predicted octanol–water partition coefficient (Wildman–Crippen LogP) is 3.24. The number of carbonyl (C=O) groups is 1. The van der Waals surface area contributed by atoms with Gasteiger partial charge in [-0.05, 0) is 43.2 Å². The lowest BCUT2D eigenvalue weighted by molar-refractivity contribution is -0.0536. The number of amides is 2. The van der Waals surface area contributed by atoms with Crippen LogP contribution in [-0.2, 0) is 0 Å². The van der Waals surface area contributed by atoms with Crippen molar-refractivity contribution in [3.63, 3.8) is 0 Å². The summed E-state index contributed by atoms with van der Waals surface area (Å²) in [7, 11) is 0. The van der Waals surface area contributed by atoms with Crippen molar-refractivity contribution in [3.05, 3.63) is 47.2 Å². The van der Waals surface area contributed by atoms with Gasteiger partial charge < -0.3 is 14.9 Å². The lowest BCUT2D eigenvalue weighted by Gasteiger charge is -2.14. The molecule has 22 heavy (non-hydrogen) atoms. The Labute approximate surface area is 132 Å². The average Bonchev–Trinajstić information content (AvgIpc) is 2.94. The van der Waals surface area contributed by atoms with Crippen molar-refractivity contribution >= 4 is 17.6 Å². The van der Waals surface area contributed by atoms with Crippen LogP contribution in [0.2, 0.25) is 5.02 Å². The van der Waals surface area contributed by atoms with Gasteiger partial charge in [0.1, 0.15) is 11.8 Å². The molecule has 1 atom stereocenters. The molecule has 0 saturated heterocycles. The van der Waals surface area contributed by atoms with E-state index in [0.717, 1.165) is 0 Å². The first-order valence-corrected chi connectivity index (χ1v) is 6.66. The first kappa shape index (κ1) is 15.8. The van der Waals surface area contributed by atoms with Crippen molar-refractivity contribution in [3.8, 4) is 23.5 Å². The van der Waals surface area contributed by atoms with E-state index >= 15 is 0 Å². The van der Waals surface area contributed by atoms with Crippen molar-refractivity contribution in [1.82, 2.24) is 5.06 Å². The molecule has 0 bridgehead atoms. The van der Waals surface area contributed by atoms with Crippen LogP contribution in [0.1, 0.15) is 12.7 Å². The highest BCUT2D eigenvalue weighted by Gasteiger charge is 2.12. The number of hydrogen-bond donors (Lipinski definition) is 2. The highest BCUT2D eigenvalue weighted by molar-refractivity contribution is 6.30. The van der Waals surface area contributed by atoms with Gasteiger partial charge in [-0.25, -0.2) is 4.79 Å². The number of hydroxylamine groups is 2. The van der Waals surface area contributed by atoms with E-state index < -0.39 is 12.1 Å². The Morgan fingerprint density at radius 1 is 1.36 bits per heavy atom. The van der Waals surface area contributed by atoms with Crippen molar-refractivity contribution in [1.29, 1.82) is 0 Å². The molecule has 3 N–H and O–H groups in total. The summed E-state index contributed by atoms with van der Waals surface area (Å²) in [5.74, 6) is 6.45. The Morgan fingerprint density at radius 3 is 2.68 bits per heavy atom. The summed E-state index contributed by atoms with van der Waals surface area (Å²) in [6.45, 7) is 1.52. The highest BCUT2D eigenvalue weighted by atomic mass is 35.5. The number of carbonyl (C=O) groups excluding carboxylic acids is 1. The zero-order valence-corrected chi connectivity index (χ0v) is 12.4. The molecule has 6 nitrogen and oxygen atoms in total. The molecule has 0 aliphatic rings.